The Balaban J connectivity index is 2.22. The van der Waals surface area contributed by atoms with Crippen molar-refractivity contribution in [2.24, 2.45) is 5.10 Å². The van der Waals surface area contributed by atoms with E-state index in [1.54, 1.807) is 24.5 Å². The van der Waals surface area contributed by atoms with Crippen LogP contribution in [0, 0.1) is 20.2 Å². The van der Waals surface area contributed by atoms with Gasteiger partial charge >= 0.3 is 5.69 Å². The predicted octanol–water partition coefficient (Wildman–Crippen LogP) is 2.34. The lowest BCUT2D eigenvalue weighted by Gasteiger charge is -2.01. The maximum Gasteiger partial charge on any atom is 0.301 e. The van der Waals surface area contributed by atoms with Gasteiger partial charge < -0.3 is 0 Å². The molecule has 0 amide bonds. The Labute approximate surface area is 118 Å². The quantitative estimate of drug-likeness (QED) is 0.511. The summed E-state index contributed by atoms with van der Waals surface area (Å²) in [4.78, 5) is 24.0. The van der Waals surface area contributed by atoms with Crippen LogP contribution in [0.3, 0.4) is 0 Å². The molecular weight excluding hydrogens is 278 g/mol. The first-order valence-corrected chi connectivity index (χ1v) is 5.70. The molecule has 0 fully saturated rings. The Bertz CT molecular complexity index is 702. The van der Waals surface area contributed by atoms with E-state index in [1.807, 2.05) is 0 Å². The van der Waals surface area contributed by atoms with E-state index in [9.17, 15) is 20.2 Å². The van der Waals surface area contributed by atoms with E-state index in [-0.39, 0.29) is 11.4 Å². The molecule has 9 heteroatoms. The van der Waals surface area contributed by atoms with Gasteiger partial charge in [-0.2, -0.15) is 5.10 Å². The van der Waals surface area contributed by atoms with Crippen molar-refractivity contribution in [2.75, 3.05) is 5.43 Å². The predicted molar refractivity (Wildman–Crippen MR) is 75.2 cm³/mol. The van der Waals surface area contributed by atoms with Crippen LogP contribution in [0.4, 0.5) is 17.1 Å². The fourth-order valence-electron chi connectivity index (χ4n) is 1.51. The number of nitrogens with zero attached hydrogens (tertiary/aromatic N) is 4. The van der Waals surface area contributed by atoms with Crippen LogP contribution in [0.1, 0.15) is 5.56 Å². The Morgan fingerprint density at radius 1 is 1.19 bits per heavy atom. The van der Waals surface area contributed by atoms with Crippen LogP contribution in [0.15, 0.2) is 47.8 Å². The minimum Gasteiger partial charge on any atom is -0.272 e. The van der Waals surface area contributed by atoms with Crippen molar-refractivity contribution in [1.82, 2.24) is 4.98 Å². The third-order valence-corrected chi connectivity index (χ3v) is 2.47. The Hall–Kier alpha value is -3.36. The molecule has 1 heterocycles. The second-order valence-electron chi connectivity index (χ2n) is 3.87. The monoisotopic (exact) mass is 287 g/mol. The molecule has 0 aliphatic heterocycles. The van der Waals surface area contributed by atoms with Gasteiger partial charge in [0.1, 0.15) is 5.69 Å². The zero-order valence-corrected chi connectivity index (χ0v) is 10.5. The number of aromatic nitrogens is 1. The summed E-state index contributed by atoms with van der Waals surface area (Å²) in [5, 5.41) is 25.4. The maximum atomic E-state index is 10.9. The van der Waals surface area contributed by atoms with E-state index in [0.717, 1.165) is 12.1 Å². The maximum absolute atomic E-state index is 10.9. The summed E-state index contributed by atoms with van der Waals surface area (Å²) in [5.74, 6) is 0. The van der Waals surface area contributed by atoms with E-state index in [1.165, 1.54) is 12.3 Å². The summed E-state index contributed by atoms with van der Waals surface area (Å²) in [6, 6.07) is 6.74. The van der Waals surface area contributed by atoms with Crippen LogP contribution in [0.2, 0.25) is 0 Å². The van der Waals surface area contributed by atoms with Crippen molar-refractivity contribution < 1.29 is 9.85 Å². The number of non-ortho nitro benzene ring substituents is 1. The average molecular weight is 287 g/mol. The second-order valence-corrected chi connectivity index (χ2v) is 3.87. The van der Waals surface area contributed by atoms with Crippen molar-refractivity contribution in [1.29, 1.82) is 0 Å². The molecule has 106 valence electrons. The molecule has 9 nitrogen and oxygen atoms in total. The molecule has 2 rings (SSSR count). The molecule has 1 aromatic heterocycles. The van der Waals surface area contributed by atoms with Crippen molar-refractivity contribution in [2.45, 2.75) is 0 Å². The van der Waals surface area contributed by atoms with Crippen molar-refractivity contribution in [3.63, 3.8) is 0 Å². The third kappa shape index (κ3) is 3.56. The number of benzene rings is 1. The first-order valence-electron chi connectivity index (χ1n) is 5.70. The molecule has 0 radical (unpaired) electrons. The summed E-state index contributed by atoms with van der Waals surface area (Å²) in [6.45, 7) is 0. The molecule has 0 aliphatic carbocycles. The fraction of sp³-hybridized carbons (Fsp3) is 0. The molecule has 0 unspecified atom stereocenters. The van der Waals surface area contributed by atoms with Crippen molar-refractivity contribution in [3.05, 3.63) is 68.5 Å². The summed E-state index contributed by atoms with van der Waals surface area (Å²) in [5.41, 5.74) is 2.47. The summed E-state index contributed by atoms with van der Waals surface area (Å²) < 4.78 is 0. The third-order valence-electron chi connectivity index (χ3n) is 2.47. The average Bonchev–Trinajstić information content (AvgIpc) is 2.48. The van der Waals surface area contributed by atoms with Gasteiger partial charge in [0, 0.05) is 24.0 Å². The Morgan fingerprint density at radius 2 is 2.00 bits per heavy atom. The standard InChI is InChI=1S/C12H9N5O4/c18-16(19)10-3-4-11(12(6-10)17(20)21)15-14-8-9-2-1-5-13-7-9/h1-8,15H/b14-8+. The highest BCUT2D eigenvalue weighted by Crippen LogP contribution is 2.28. The van der Waals surface area contributed by atoms with E-state index in [2.05, 4.69) is 15.5 Å². The number of nitrogens with one attached hydrogen (secondary N) is 1. The van der Waals surface area contributed by atoms with Crippen LogP contribution < -0.4 is 5.43 Å². The highest BCUT2D eigenvalue weighted by molar-refractivity contribution is 5.80. The van der Waals surface area contributed by atoms with E-state index in [0.29, 0.717) is 5.56 Å². The van der Waals surface area contributed by atoms with Crippen LogP contribution in [0.5, 0.6) is 0 Å². The lowest BCUT2D eigenvalue weighted by Crippen LogP contribution is -1.98. The van der Waals surface area contributed by atoms with Gasteiger partial charge in [-0.25, -0.2) is 0 Å². The normalized spacial score (nSPS) is 10.5. The Morgan fingerprint density at radius 3 is 2.62 bits per heavy atom. The summed E-state index contributed by atoms with van der Waals surface area (Å²) in [7, 11) is 0. The first kappa shape index (κ1) is 14.1. The SMILES string of the molecule is O=[N+]([O-])c1ccc(N/N=C/c2cccnc2)c([N+](=O)[O-])c1. The number of pyridine rings is 1. The molecule has 0 saturated carbocycles. The smallest absolute Gasteiger partial charge is 0.272 e. The zero-order valence-electron chi connectivity index (χ0n) is 10.5. The number of rotatable bonds is 5. The minimum absolute atomic E-state index is 0.0609. The summed E-state index contributed by atoms with van der Waals surface area (Å²) >= 11 is 0. The van der Waals surface area contributed by atoms with Gasteiger partial charge in [0.25, 0.3) is 5.69 Å². The van der Waals surface area contributed by atoms with E-state index >= 15 is 0 Å². The Kier molecular flexibility index (Phi) is 4.14. The van der Waals surface area contributed by atoms with Crippen LogP contribution in [-0.4, -0.2) is 21.0 Å². The number of hydrogen-bond donors (Lipinski definition) is 1. The molecule has 1 aromatic carbocycles. The molecule has 0 bridgehead atoms. The lowest BCUT2D eigenvalue weighted by molar-refractivity contribution is -0.393. The van der Waals surface area contributed by atoms with Gasteiger partial charge in [-0.3, -0.25) is 30.6 Å². The molecular formula is C12H9N5O4. The highest BCUT2D eigenvalue weighted by atomic mass is 16.6. The highest BCUT2D eigenvalue weighted by Gasteiger charge is 2.18. The summed E-state index contributed by atoms with van der Waals surface area (Å²) in [6.07, 6.45) is 4.60. The molecule has 2 aromatic rings. The number of anilines is 1. The lowest BCUT2D eigenvalue weighted by atomic mass is 10.2. The van der Waals surface area contributed by atoms with Crippen LogP contribution >= 0.6 is 0 Å². The van der Waals surface area contributed by atoms with Gasteiger partial charge in [0.15, 0.2) is 0 Å². The van der Waals surface area contributed by atoms with Gasteiger partial charge in [-0.15, -0.1) is 0 Å². The molecule has 0 atom stereocenters. The fourth-order valence-corrected chi connectivity index (χ4v) is 1.51. The van der Waals surface area contributed by atoms with Gasteiger partial charge in [0.2, 0.25) is 0 Å². The van der Waals surface area contributed by atoms with Gasteiger partial charge in [-0.1, -0.05) is 6.07 Å². The molecule has 1 N–H and O–H groups in total. The number of nitro groups is 2. The topological polar surface area (TPSA) is 124 Å². The molecule has 0 aliphatic rings. The van der Waals surface area contributed by atoms with E-state index in [4.69, 9.17) is 0 Å². The van der Waals surface area contributed by atoms with E-state index < -0.39 is 15.5 Å². The second kappa shape index (κ2) is 6.19. The first-order chi connectivity index (χ1) is 10.1. The largest absolute Gasteiger partial charge is 0.301 e. The molecule has 0 spiro atoms. The minimum atomic E-state index is -0.713. The number of nitro benzene ring substituents is 2. The van der Waals surface area contributed by atoms with Crippen molar-refractivity contribution >= 4 is 23.3 Å². The van der Waals surface area contributed by atoms with Crippen LogP contribution in [-0.2, 0) is 0 Å². The number of hydrogen-bond acceptors (Lipinski definition) is 7. The molecule has 21 heavy (non-hydrogen) atoms. The van der Waals surface area contributed by atoms with Crippen LogP contribution in [0.25, 0.3) is 0 Å². The van der Waals surface area contributed by atoms with Crippen molar-refractivity contribution in [3.8, 4) is 0 Å². The van der Waals surface area contributed by atoms with Gasteiger partial charge in [0.05, 0.1) is 22.1 Å². The zero-order chi connectivity index (χ0) is 15.2. The number of hydrazone groups is 1. The molecule has 0 saturated heterocycles. The van der Waals surface area contributed by atoms with Gasteiger partial charge in [-0.05, 0) is 12.1 Å².